The van der Waals surface area contributed by atoms with Crippen molar-refractivity contribution in [3.05, 3.63) is 65.9 Å². The summed E-state index contributed by atoms with van der Waals surface area (Å²) in [6.45, 7) is 4.69. The van der Waals surface area contributed by atoms with Crippen molar-refractivity contribution in [2.24, 2.45) is 4.99 Å². The number of carbonyl (C=O) groups excluding carboxylic acids is 1. The Balaban J connectivity index is 1.34. The molecular formula is C27H28N6O3S. The highest BCUT2D eigenvalue weighted by Gasteiger charge is 2.25. The maximum Gasteiger partial charge on any atom is 0.247 e. The van der Waals surface area contributed by atoms with Gasteiger partial charge in [-0.15, -0.1) is 0 Å². The highest BCUT2D eigenvalue weighted by molar-refractivity contribution is 7.98. The van der Waals surface area contributed by atoms with Crippen LogP contribution in [0.4, 0.5) is 11.4 Å². The van der Waals surface area contributed by atoms with Crippen LogP contribution in [0.1, 0.15) is 30.5 Å². The lowest BCUT2D eigenvalue weighted by Gasteiger charge is -2.23. The molecule has 0 saturated carbocycles. The largest absolute Gasteiger partial charge is 0.508 e. The van der Waals surface area contributed by atoms with Gasteiger partial charge in [0, 0.05) is 35.6 Å². The number of benzene rings is 2. The molecule has 37 heavy (non-hydrogen) atoms. The summed E-state index contributed by atoms with van der Waals surface area (Å²) in [6.07, 6.45) is 4.31. The van der Waals surface area contributed by atoms with Gasteiger partial charge in [-0.2, -0.15) is 0 Å². The second kappa shape index (κ2) is 10.5. The monoisotopic (exact) mass is 516 g/mol. The fourth-order valence-electron chi connectivity index (χ4n) is 4.21. The number of aromatic hydroxyl groups is 2. The third-order valence-corrected chi connectivity index (χ3v) is 7.10. The Bertz CT molecular complexity index is 1420. The number of anilines is 2. The maximum atomic E-state index is 13.4. The third-order valence-electron chi connectivity index (χ3n) is 6.18. The zero-order valence-corrected chi connectivity index (χ0v) is 21.4. The van der Waals surface area contributed by atoms with Crippen molar-refractivity contribution in [1.82, 2.24) is 14.5 Å². The Kier molecular flexibility index (Phi) is 7.00. The van der Waals surface area contributed by atoms with Gasteiger partial charge in [0.1, 0.15) is 23.2 Å². The standard InChI is InChI=1S/C27H28N6O3S/c1-3-24(26(36)30-23-11-18(7-6-16(23)2)29-19-13-28-14-19)33-8-4-5-22-25(33)32-27(31-22)37-15-17-9-20(34)12-21(35)10-17/h4-13,19,24,29,34-35H,3,14-15H2,1-2H3,(H,30,36). The Morgan fingerprint density at radius 1 is 1.16 bits per heavy atom. The van der Waals surface area contributed by atoms with Crippen molar-refractivity contribution < 1.29 is 15.0 Å². The summed E-state index contributed by atoms with van der Waals surface area (Å²) in [5, 5.41) is 26.5. The SMILES string of the molecule is CCC(C(=O)Nc1cc(NC2C=NC2)ccc1C)n1cccc2nc(SCc3cc(O)cc(O)c3)nc1-2. The van der Waals surface area contributed by atoms with Gasteiger partial charge in [-0.3, -0.25) is 9.79 Å². The predicted octanol–water partition coefficient (Wildman–Crippen LogP) is 4.85. The number of phenols is 2. The molecule has 2 unspecified atom stereocenters. The molecule has 0 bridgehead atoms. The smallest absolute Gasteiger partial charge is 0.247 e. The first-order valence-corrected chi connectivity index (χ1v) is 13.1. The van der Waals surface area contributed by atoms with Gasteiger partial charge in [-0.05, 0) is 60.9 Å². The normalized spacial score (nSPS) is 15.4. The molecule has 10 heteroatoms. The number of aliphatic imine (C=N–C) groups is 1. The summed E-state index contributed by atoms with van der Waals surface area (Å²) in [5.74, 6) is 0.992. The Labute approximate surface area is 219 Å². The maximum absolute atomic E-state index is 13.4. The highest BCUT2D eigenvalue weighted by Crippen LogP contribution is 2.31. The van der Waals surface area contributed by atoms with Crippen LogP contribution in [-0.4, -0.2) is 49.5 Å². The molecule has 3 heterocycles. The number of rotatable bonds is 9. The second-order valence-electron chi connectivity index (χ2n) is 8.98. The molecule has 3 aliphatic rings. The van der Waals surface area contributed by atoms with E-state index in [9.17, 15) is 15.0 Å². The van der Waals surface area contributed by atoms with E-state index in [-0.39, 0.29) is 23.4 Å². The molecule has 0 radical (unpaired) electrons. The number of pyridine rings is 1. The molecule has 9 nitrogen and oxygen atoms in total. The number of phenolic OH excluding ortho intramolecular Hbond substituents is 2. The number of imidazole rings is 1. The Morgan fingerprint density at radius 3 is 2.65 bits per heavy atom. The van der Waals surface area contributed by atoms with Gasteiger partial charge in [0.2, 0.25) is 5.91 Å². The van der Waals surface area contributed by atoms with E-state index < -0.39 is 6.04 Å². The molecule has 1 amide bonds. The number of amides is 1. The lowest BCUT2D eigenvalue weighted by Crippen LogP contribution is -2.31. The van der Waals surface area contributed by atoms with Crippen molar-refractivity contribution in [1.29, 1.82) is 0 Å². The summed E-state index contributed by atoms with van der Waals surface area (Å²) in [4.78, 5) is 26.9. The van der Waals surface area contributed by atoms with Crippen LogP contribution in [-0.2, 0) is 10.5 Å². The highest BCUT2D eigenvalue weighted by atomic mass is 32.2. The molecule has 0 aromatic heterocycles. The average molecular weight is 517 g/mol. The van der Waals surface area contributed by atoms with Crippen LogP contribution in [0.5, 0.6) is 11.5 Å². The predicted molar refractivity (Wildman–Crippen MR) is 146 cm³/mol. The molecule has 0 aliphatic carbocycles. The lowest BCUT2D eigenvalue weighted by atomic mass is 10.1. The van der Waals surface area contributed by atoms with Crippen molar-refractivity contribution in [2.45, 2.75) is 43.3 Å². The molecule has 0 fully saturated rings. The van der Waals surface area contributed by atoms with Crippen LogP contribution in [0.2, 0.25) is 0 Å². The number of nitrogens with one attached hydrogen (secondary N) is 2. The summed E-state index contributed by atoms with van der Waals surface area (Å²) in [5.41, 5.74) is 4.12. The number of carbonyl (C=O) groups is 1. The molecule has 0 saturated heterocycles. The Hall–Kier alpha value is -4.05. The first kappa shape index (κ1) is 24.6. The quantitative estimate of drug-likeness (QED) is 0.234. The van der Waals surface area contributed by atoms with E-state index in [0.29, 0.717) is 28.8 Å². The molecule has 5 rings (SSSR count). The summed E-state index contributed by atoms with van der Waals surface area (Å²) in [6, 6.07) is 13.9. The molecule has 4 N–H and O–H groups in total. The topological polar surface area (TPSA) is 125 Å². The van der Waals surface area contributed by atoms with Gasteiger partial charge >= 0.3 is 0 Å². The molecule has 2 atom stereocenters. The van der Waals surface area contributed by atoms with Gasteiger partial charge in [-0.25, -0.2) is 9.97 Å². The molecule has 3 aliphatic heterocycles. The van der Waals surface area contributed by atoms with Crippen LogP contribution >= 0.6 is 11.8 Å². The number of nitrogens with zero attached hydrogens (tertiary/aromatic N) is 4. The zero-order chi connectivity index (χ0) is 25.9. The first-order chi connectivity index (χ1) is 17.9. The average Bonchev–Trinajstić information content (AvgIpc) is 3.26. The minimum Gasteiger partial charge on any atom is -0.508 e. The number of aromatic nitrogens is 3. The van der Waals surface area contributed by atoms with Gasteiger partial charge in [0.05, 0.1) is 12.6 Å². The number of fused-ring (bicyclic) bond motifs is 1. The molecule has 190 valence electrons. The summed E-state index contributed by atoms with van der Waals surface area (Å²) < 4.78 is 1.87. The minimum absolute atomic E-state index is 0.00673. The lowest BCUT2D eigenvalue weighted by molar-refractivity contribution is -0.119. The van der Waals surface area contributed by atoms with Crippen LogP contribution in [0.15, 0.2) is 64.9 Å². The van der Waals surface area contributed by atoms with Crippen molar-refractivity contribution in [3.8, 4) is 23.0 Å². The van der Waals surface area contributed by atoms with E-state index in [0.717, 1.165) is 29.0 Å². The second-order valence-corrected chi connectivity index (χ2v) is 9.93. The number of hydrogen-bond acceptors (Lipinski definition) is 8. The van der Waals surface area contributed by atoms with Crippen molar-refractivity contribution >= 4 is 35.3 Å². The van der Waals surface area contributed by atoms with E-state index >= 15 is 0 Å². The van der Waals surface area contributed by atoms with E-state index in [1.165, 1.54) is 17.8 Å². The van der Waals surface area contributed by atoms with Crippen LogP contribution in [0.25, 0.3) is 11.5 Å². The third kappa shape index (κ3) is 5.54. The van der Waals surface area contributed by atoms with Crippen LogP contribution in [0, 0.1) is 6.92 Å². The molecular weight excluding hydrogens is 488 g/mol. The minimum atomic E-state index is -0.476. The summed E-state index contributed by atoms with van der Waals surface area (Å²) >= 11 is 1.40. The fraction of sp³-hybridized carbons (Fsp3) is 0.259. The number of thioether (sulfide) groups is 1. The van der Waals surface area contributed by atoms with E-state index in [1.807, 2.05) is 61.2 Å². The van der Waals surface area contributed by atoms with Gasteiger partial charge in [0.25, 0.3) is 0 Å². The van der Waals surface area contributed by atoms with Gasteiger partial charge in [-0.1, -0.05) is 24.8 Å². The van der Waals surface area contributed by atoms with Crippen LogP contribution < -0.4 is 10.6 Å². The summed E-state index contributed by atoms with van der Waals surface area (Å²) in [7, 11) is 0. The first-order valence-electron chi connectivity index (χ1n) is 12.1. The van der Waals surface area contributed by atoms with E-state index in [2.05, 4.69) is 20.6 Å². The van der Waals surface area contributed by atoms with Crippen molar-refractivity contribution in [2.75, 3.05) is 17.2 Å². The Morgan fingerprint density at radius 2 is 1.95 bits per heavy atom. The van der Waals surface area contributed by atoms with E-state index in [1.54, 1.807) is 12.1 Å². The molecule has 0 spiro atoms. The van der Waals surface area contributed by atoms with Gasteiger partial charge in [0.15, 0.2) is 11.0 Å². The number of aryl methyl sites for hydroxylation is 1. The molecule has 2 aromatic carbocycles. The zero-order valence-electron chi connectivity index (χ0n) is 20.5. The van der Waals surface area contributed by atoms with Crippen molar-refractivity contribution in [3.63, 3.8) is 0 Å². The van der Waals surface area contributed by atoms with E-state index in [4.69, 9.17) is 4.98 Å². The van der Waals surface area contributed by atoms with Gasteiger partial charge < -0.3 is 25.4 Å². The number of hydrogen-bond donors (Lipinski definition) is 4. The van der Waals surface area contributed by atoms with Crippen LogP contribution in [0.3, 0.4) is 0 Å². The fourth-order valence-corrected chi connectivity index (χ4v) is 4.98. The molecule has 2 aromatic rings.